The maximum atomic E-state index is 12.2. The minimum absolute atomic E-state index is 0.162. The predicted molar refractivity (Wildman–Crippen MR) is 79.9 cm³/mol. The van der Waals surface area contributed by atoms with Crippen molar-refractivity contribution < 1.29 is 9.53 Å². The van der Waals surface area contributed by atoms with E-state index < -0.39 is 5.60 Å². The molecule has 0 radical (unpaired) electrons. The lowest BCUT2D eigenvalue weighted by Crippen LogP contribution is -2.58. The number of hydrogen-bond donors (Lipinski definition) is 1. The van der Waals surface area contributed by atoms with Crippen molar-refractivity contribution in [2.45, 2.75) is 58.2 Å². The van der Waals surface area contributed by atoms with Gasteiger partial charge in [0.15, 0.2) is 0 Å². The van der Waals surface area contributed by atoms with E-state index >= 15 is 0 Å². The number of hydrogen-bond acceptors (Lipinski definition) is 4. The predicted octanol–water partition coefficient (Wildman–Crippen LogP) is 1.68. The molecule has 2 heterocycles. The van der Waals surface area contributed by atoms with E-state index in [2.05, 4.69) is 17.1 Å². The molecule has 0 bridgehead atoms. The summed E-state index contributed by atoms with van der Waals surface area (Å²) in [7, 11) is 0. The molecule has 20 heavy (non-hydrogen) atoms. The zero-order valence-electron chi connectivity index (χ0n) is 13.3. The largest absolute Gasteiger partial charge is 0.444 e. The van der Waals surface area contributed by atoms with Crippen molar-refractivity contribution in [1.29, 1.82) is 0 Å². The Kier molecular flexibility index (Phi) is 4.91. The van der Waals surface area contributed by atoms with Crippen LogP contribution in [0.2, 0.25) is 0 Å². The number of ether oxygens (including phenoxy) is 1. The number of nitrogens with one attached hydrogen (secondary N) is 1. The Morgan fingerprint density at radius 3 is 2.70 bits per heavy atom. The van der Waals surface area contributed by atoms with Crippen LogP contribution in [0.3, 0.4) is 0 Å². The average molecular weight is 283 g/mol. The van der Waals surface area contributed by atoms with E-state index in [0.29, 0.717) is 12.1 Å². The number of piperazine rings is 1. The highest BCUT2D eigenvalue weighted by Gasteiger charge is 2.33. The first-order chi connectivity index (χ1) is 9.37. The van der Waals surface area contributed by atoms with E-state index in [1.165, 1.54) is 6.42 Å². The molecule has 2 rings (SSSR count). The molecule has 0 aromatic rings. The highest BCUT2D eigenvalue weighted by atomic mass is 16.6. The third-order valence-corrected chi connectivity index (χ3v) is 4.07. The van der Waals surface area contributed by atoms with Gasteiger partial charge in [-0.3, -0.25) is 4.90 Å². The van der Waals surface area contributed by atoms with Crippen molar-refractivity contribution >= 4 is 6.09 Å². The minimum Gasteiger partial charge on any atom is -0.444 e. The van der Waals surface area contributed by atoms with Crippen LogP contribution in [0.25, 0.3) is 0 Å². The van der Waals surface area contributed by atoms with Crippen LogP contribution in [0.4, 0.5) is 4.79 Å². The Morgan fingerprint density at radius 1 is 1.30 bits per heavy atom. The van der Waals surface area contributed by atoms with Crippen LogP contribution >= 0.6 is 0 Å². The molecule has 0 spiro atoms. The maximum absolute atomic E-state index is 12.2. The smallest absolute Gasteiger partial charge is 0.410 e. The van der Waals surface area contributed by atoms with Gasteiger partial charge in [-0.2, -0.15) is 0 Å². The van der Waals surface area contributed by atoms with E-state index in [4.69, 9.17) is 4.74 Å². The first-order valence-electron chi connectivity index (χ1n) is 7.81. The molecular formula is C15H29N3O2. The van der Waals surface area contributed by atoms with E-state index in [9.17, 15) is 4.79 Å². The number of nitrogens with zero attached hydrogens (tertiary/aromatic N) is 2. The second kappa shape index (κ2) is 6.31. The quantitative estimate of drug-likeness (QED) is 0.795. The Balaban J connectivity index is 1.92. The maximum Gasteiger partial charge on any atom is 0.410 e. The molecule has 0 saturated carbocycles. The van der Waals surface area contributed by atoms with Crippen LogP contribution < -0.4 is 5.32 Å². The van der Waals surface area contributed by atoms with Crippen molar-refractivity contribution in [3.8, 4) is 0 Å². The summed E-state index contributed by atoms with van der Waals surface area (Å²) in [5.41, 5.74) is -0.410. The molecule has 116 valence electrons. The van der Waals surface area contributed by atoms with Crippen molar-refractivity contribution in [1.82, 2.24) is 15.1 Å². The van der Waals surface area contributed by atoms with Crippen molar-refractivity contribution in [3.63, 3.8) is 0 Å². The summed E-state index contributed by atoms with van der Waals surface area (Å²) in [6.45, 7) is 12.8. The highest BCUT2D eigenvalue weighted by Crippen LogP contribution is 2.21. The summed E-state index contributed by atoms with van der Waals surface area (Å²) in [6, 6.07) is 1.03. The van der Waals surface area contributed by atoms with Gasteiger partial charge in [0, 0.05) is 44.8 Å². The van der Waals surface area contributed by atoms with E-state index in [0.717, 1.165) is 39.1 Å². The number of likely N-dealkylation sites (tertiary alicyclic amines) is 1. The lowest BCUT2D eigenvalue weighted by atomic mass is 10.0. The van der Waals surface area contributed by atoms with Crippen LogP contribution in [0.5, 0.6) is 0 Å². The van der Waals surface area contributed by atoms with Gasteiger partial charge in [0.2, 0.25) is 0 Å². The van der Waals surface area contributed by atoms with Crippen molar-refractivity contribution in [3.05, 3.63) is 0 Å². The molecule has 0 aromatic heterocycles. The fraction of sp³-hybridized carbons (Fsp3) is 0.933. The van der Waals surface area contributed by atoms with Crippen LogP contribution in [0.15, 0.2) is 0 Å². The molecule has 2 unspecified atom stereocenters. The summed E-state index contributed by atoms with van der Waals surface area (Å²) in [4.78, 5) is 16.6. The van der Waals surface area contributed by atoms with Gasteiger partial charge in [-0.1, -0.05) is 0 Å². The first-order valence-corrected chi connectivity index (χ1v) is 7.81. The van der Waals surface area contributed by atoms with Gasteiger partial charge in [-0.05, 0) is 40.5 Å². The molecular weight excluding hydrogens is 254 g/mol. The second-order valence-electron chi connectivity index (χ2n) is 7.01. The molecule has 0 aliphatic carbocycles. The fourth-order valence-electron chi connectivity index (χ4n) is 3.12. The first kappa shape index (κ1) is 15.6. The van der Waals surface area contributed by atoms with Crippen LogP contribution in [-0.4, -0.2) is 66.3 Å². The third-order valence-electron chi connectivity index (χ3n) is 4.07. The molecule has 2 atom stereocenters. The Hall–Kier alpha value is -0.810. The normalized spacial score (nSPS) is 29.3. The number of amides is 1. The molecule has 2 fully saturated rings. The standard InChI is InChI=1S/C15H29N3O2/c1-12-10-16-7-9-18(12)13-6-5-8-17(11-13)14(19)20-15(2,3)4/h12-13,16H,5-11H2,1-4H3. The Morgan fingerprint density at radius 2 is 2.05 bits per heavy atom. The lowest BCUT2D eigenvalue weighted by Gasteiger charge is -2.44. The van der Waals surface area contributed by atoms with E-state index in [1.54, 1.807) is 0 Å². The van der Waals surface area contributed by atoms with Gasteiger partial charge in [0.1, 0.15) is 5.60 Å². The zero-order valence-corrected chi connectivity index (χ0v) is 13.3. The van der Waals surface area contributed by atoms with Gasteiger partial charge in [-0.15, -0.1) is 0 Å². The molecule has 2 aliphatic heterocycles. The molecule has 1 N–H and O–H groups in total. The number of piperidine rings is 1. The Bertz CT molecular complexity index is 341. The van der Waals surface area contributed by atoms with E-state index in [1.807, 2.05) is 25.7 Å². The van der Waals surface area contributed by atoms with Gasteiger partial charge in [0.25, 0.3) is 0 Å². The molecule has 5 heteroatoms. The van der Waals surface area contributed by atoms with Gasteiger partial charge in [-0.25, -0.2) is 4.79 Å². The van der Waals surface area contributed by atoms with Gasteiger partial charge in [0.05, 0.1) is 0 Å². The lowest BCUT2D eigenvalue weighted by molar-refractivity contribution is 0.00425. The third kappa shape index (κ3) is 4.09. The summed E-state index contributed by atoms with van der Waals surface area (Å²) in [5.74, 6) is 0. The number of rotatable bonds is 1. The van der Waals surface area contributed by atoms with Crippen molar-refractivity contribution in [2.24, 2.45) is 0 Å². The van der Waals surface area contributed by atoms with Crippen LogP contribution in [0, 0.1) is 0 Å². The molecule has 2 saturated heterocycles. The molecule has 2 aliphatic rings. The SMILES string of the molecule is CC1CNCCN1C1CCCN(C(=O)OC(C)(C)C)C1. The van der Waals surface area contributed by atoms with E-state index in [-0.39, 0.29) is 6.09 Å². The average Bonchev–Trinajstić information content (AvgIpc) is 2.37. The summed E-state index contributed by atoms with van der Waals surface area (Å²) < 4.78 is 5.50. The van der Waals surface area contributed by atoms with Gasteiger partial charge >= 0.3 is 6.09 Å². The zero-order chi connectivity index (χ0) is 14.8. The topological polar surface area (TPSA) is 44.8 Å². The van der Waals surface area contributed by atoms with Crippen LogP contribution in [-0.2, 0) is 4.74 Å². The summed E-state index contributed by atoms with van der Waals surface area (Å²) in [6.07, 6.45) is 2.09. The van der Waals surface area contributed by atoms with Crippen LogP contribution in [0.1, 0.15) is 40.5 Å². The van der Waals surface area contributed by atoms with Crippen molar-refractivity contribution in [2.75, 3.05) is 32.7 Å². The summed E-state index contributed by atoms with van der Waals surface area (Å²) in [5, 5.41) is 3.42. The second-order valence-corrected chi connectivity index (χ2v) is 7.01. The molecule has 1 amide bonds. The molecule has 0 aromatic carbocycles. The Labute approximate surface area is 122 Å². The molecule has 5 nitrogen and oxygen atoms in total. The minimum atomic E-state index is -0.410. The number of carbonyl (C=O) groups is 1. The highest BCUT2D eigenvalue weighted by molar-refractivity contribution is 5.68. The summed E-state index contributed by atoms with van der Waals surface area (Å²) >= 11 is 0. The monoisotopic (exact) mass is 283 g/mol. The fourth-order valence-corrected chi connectivity index (χ4v) is 3.12. The van der Waals surface area contributed by atoms with Gasteiger partial charge < -0.3 is 15.0 Å². The number of carbonyl (C=O) groups excluding carboxylic acids is 1.